The summed E-state index contributed by atoms with van der Waals surface area (Å²) in [5.41, 5.74) is 0.773. The van der Waals surface area contributed by atoms with Crippen LogP contribution in [0, 0.1) is 0 Å². The van der Waals surface area contributed by atoms with E-state index in [0.29, 0.717) is 5.02 Å². The van der Waals surface area contributed by atoms with Gasteiger partial charge in [0.2, 0.25) is 10.0 Å². The number of rotatable bonds is 4. The Morgan fingerprint density at radius 3 is 2.50 bits per heavy atom. The zero-order valence-corrected chi connectivity index (χ0v) is 14.0. The molecule has 0 atom stereocenters. The number of sulfonamides is 1. The lowest BCUT2D eigenvalue weighted by Gasteiger charge is -2.09. The Morgan fingerprint density at radius 2 is 1.85 bits per heavy atom. The van der Waals surface area contributed by atoms with Crippen LogP contribution in [-0.2, 0) is 16.6 Å². The lowest BCUT2D eigenvalue weighted by atomic mass is 10.2. The molecule has 0 saturated heterocycles. The van der Waals surface area contributed by atoms with Crippen molar-refractivity contribution in [2.75, 3.05) is 0 Å². The molecule has 0 aromatic heterocycles. The van der Waals surface area contributed by atoms with E-state index in [1.807, 2.05) is 0 Å². The second kappa shape index (κ2) is 6.45. The fourth-order valence-electron chi connectivity index (χ4n) is 1.60. The summed E-state index contributed by atoms with van der Waals surface area (Å²) in [7, 11) is -3.66. The van der Waals surface area contributed by atoms with Gasteiger partial charge in [0, 0.05) is 16.0 Å². The molecular formula is C13H10BrCl2NO2S. The van der Waals surface area contributed by atoms with Crippen molar-refractivity contribution in [3.8, 4) is 0 Å². The maximum Gasteiger partial charge on any atom is 0.242 e. The minimum Gasteiger partial charge on any atom is -0.207 e. The minimum atomic E-state index is -3.66. The number of hydrogen-bond acceptors (Lipinski definition) is 2. The lowest BCUT2D eigenvalue weighted by Crippen LogP contribution is -2.23. The number of nitrogens with one attached hydrogen (secondary N) is 1. The average Bonchev–Trinajstić information content (AvgIpc) is 2.36. The Balaban J connectivity index is 2.19. The highest BCUT2D eigenvalue weighted by Crippen LogP contribution is 2.25. The van der Waals surface area contributed by atoms with Crippen LogP contribution >= 0.6 is 39.1 Å². The van der Waals surface area contributed by atoms with Crippen LogP contribution in [0.1, 0.15) is 5.56 Å². The first-order valence-corrected chi connectivity index (χ1v) is 8.61. The molecule has 0 aliphatic heterocycles. The highest BCUT2D eigenvalue weighted by atomic mass is 79.9. The summed E-state index contributed by atoms with van der Waals surface area (Å²) >= 11 is 15.0. The molecule has 0 spiro atoms. The summed E-state index contributed by atoms with van der Waals surface area (Å²) in [5, 5.41) is 0.723. The number of halogens is 3. The molecule has 106 valence electrons. The van der Waals surface area contributed by atoms with E-state index >= 15 is 0 Å². The van der Waals surface area contributed by atoms with Gasteiger partial charge in [-0.3, -0.25) is 0 Å². The quantitative estimate of drug-likeness (QED) is 0.843. The normalized spacial score (nSPS) is 11.6. The molecule has 0 aliphatic carbocycles. The van der Waals surface area contributed by atoms with Crippen molar-refractivity contribution in [2.45, 2.75) is 11.4 Å². The first kappa shape index (κ1) is 15.8. The van der Waals surface area contributed by atoms with Crippen LogP contribution in [0.3, 0.4) is 0 Å². The van der Waals surface area contributed by atoms with Crippen molar-refractivity contribution < 1.29 is 8.42 Å². The lowest BCUT2D eigenvalue weighted by molar-refractivity contribution is 0.581. The third-order valence-corrected chi connectivity index (χ3v) is 5.15. The van der Waals surface area contributed by atoms with Crippen LogP contribution in [0.4, 0.5) is 0 Å². The van der Waals surface area contributed by atoms with Crippen molar-refractivity contribution in [3.63, 3.8) is 0 Å². The van der Waals surface area contributed by atoms with Crippen LogP contribution in [0.2, 0.25) is 10.0 Å². The van der Waals surface area contributed by atoms with Gasteiger partial charge in [0.25, 0.3) is 0 Å². The van der Waals surface area contributed by atoms with Gasteiger partial charge in [0.1, 0.15) is 4.90 Å². The molecule has 0 radical (unpaired) electrons. The molecule has 0 aliphatic rings. The van der Waals surface area contributed by atoms with E-state index in [9.17, 15) is 8.42 Å². The van der Waals surface area contributed by atoms with E-state index in [2.05, 4.69) is 20.7 Å². The van der Waals surface area contributed by atoms with Gasteiger partial charge in [-0.2, -0.15) is 0 Å². The molecule has 2 aromatic carbocycles. The van der Waals surface area contributed by atoms with Gasteiger partial charge in [-0.1, -0.05) is 51.3 Å². The topological polar surface area (TPSA) is 46.2 Å². The first-order valence-electron chi connectivity index (χ1n) is 5.58. The molecule has 20 heavy (non-hydrogen) atoms. The van der Waals surface area contributed by atoms with Gasteiger partial charge >= 0.3 is 0 Å². The molecule has 0 saturated carbocycles. The molecule has 1 N–H and O–H groups in total. The van der Waals surface area contributed by atoms with Crippen LogP contribution in [0.15, 0.2) is 51.8 Å². The van der Waals surface area contributed by atoms with Crippen molar-refractivity contribution in [1.29, 1.82) is 0 Å². The highest BCUT2D eigenvalue weighted by Gasteiger charge is 2.17. The molecule has 0 unspecified atom stereocenters. The molecule has 2 aromatic rings. The van der Waals surface area contributed by atoms with Gasteiger partial charge in [-0.25, -0.2) is 13.1 Å². The van der Waals surface area contributed by atoms with Crippen LogP contribution in [-0.4, -0.2) is 8.42 Å². The third-order valence-electron chi connectivity index (χ3n) is 2.54. The summed E-state index contributed by atoms with van der Waals surface area (Å²) in [6.45, 7) is 0.148. The Bertz CT molecular complexity index is 735. The molecule has 0 heterocycles. The van der Waals surface area contributed by atoms with Crippen molar-refractivity contribution in [1.82, 2.24) is 4.72 Å². The maximum absolute atomic E-state index is 12.2. The summed E-state index contributed by atoms with van der Waals surface area (Å²) in [5.74, 6) is 0. The zero-order chi connectivity index (χ0) is 14.8. The maximum atomic E-state index is 12.2. The van der Waals surface area contributed by atoms with Gasteiger partial charge < -0.3 is 0 Å². The van der Waals surface area contributed by atoms with E-state index < -0.39 is 10.0 Å². The predicted molar refractivity (Wildman–Crippen MR) is 84.6 cm³/mol. The molecule has 0 amide bonds. The van der Waals surface area contributed by atoms with Crippen LogP contribution in [0.25, 0.3) is 0 Å². The summed E-state index contributed by atoms with van der Waals surface area (Å²) in [6, 6.07) is 11.6. The third kappa shape index (κ3) is 3.96. The van der Waals surface area contributed by atoms with E-state index in [0.717, 1.165) is 10.0 Å². The van der Waals surface area contributed by atoms with E-state index in [4.69, 9.17) is 23.2 Å². The Kier molecular flexibility index (Phi) is 5.09. The highest BCUT2D eigenvalue weighted by molar-refractivity contribution is 9.10. The number of hydrogen-bond donors (Lipinski definition) is 1. The molecule has 2 rings (SSSR count). The Morgan fingerprint density at radius 1 is 1.10 bits per heavy atom. The van der Waals surface area contributed by atoms with E-state index in [1.54, 1.807) is 30.3 Å². The van der Waals surface area contributed by atoms with Gasteiger partial charge in [0.05, 0.1) is 5.02 Å². The van der Waals surface area contributed by atoms with E-state index in [-0.39, 0.29) is 16.5 Å². The summed E-state index contributed by atoms with van der Waals surface area (Å²) in [6.07, 6.45) is 0. The zero-order valence-electron chi connectivity index (χ0n) is 10.1. The van der Waals surface area contributed by atoms with Crippen LogP contribution in [0.5, 0.6) is 0 Å². The minimum absolute atomic E-state index is 0.0457. The average molecular weight is 395 g/mol. The Labute approximate surface area is 136 Å². The van der Waals surface area contributed by atoms with Gasteiger partial charge in [-0.05, 0) is 35.9 Å². The Hall–Kier alpha value is -0.590. The molecule has 3 nitrogen and oxygen atoms in total. The smallest absolute Gasteiger partial charge is 0.207 e. The molecular weight excluding hydrogens is 385 g/mol. The van der Waals surface area contributed by atoms with Crippen molar-refractivity contribution in [3.05, 3.63) is 62.5 Å². The summed E-state index contributed by atoms with van der Waals surface area (Å²) < 4.78 is 27.6. The molecule has 7 heteroatoms. The van der Waals surface area contributed by atoms with Crippen molar-refractivity contribution >= 4 is 49.2 Å². The fraction of sp³-hybridized carbons (Fsp3) is 0.0769. The molecule has 0 bridgehead atoms. The second-order valence-corrected chi connectivity index (χ2v) is 7.52. The van der Waals surface area contributed by atoms with Crippen LogP contribution < -0.4 is 4.72 Å². The first-order chi connectivity index (χ1) is 9.38. The van der Waals surface area contributed by atoms with Gasteiger partial charge in [-0.15, -0.1) is 0 Å². The standard InChI is InChI=1S/C13H10BrCl2NO2S/c14-10-4-5-13(12(16)7-10)20(18,19)17-8-9-2-1-3-11(15)6-9/h1-7,17H,8H2. The fourth-order valence-corrected chi connectivity index (χ4v) is 3.86. The summed E-state index contributed by atoms with van der Waals surface area (Å²) in [4.78, 5) is 0.0457. The largest absolute Gasteiger partial charge is 0.242 e. The van der Waals surface area contributed by atoms with Gasteiger partial charge in [0.15, 0.2) is 0 Å². The monoisotopic (exact) mass is 393 g/mol. The predicted octanol–water partition coefficient (Wildman–Crippen LogP) is 4.23. The molecule has 0 fully saturated rings. The van der Waals surface area contributed by atoms with E-state index in [1.165, 1.54) is 12.1 Å². The van der Waals surface area contributed by atoms with Crippen molar-refractivity contribution in [2.24, 2.45) is 0 Å². The second-order valence-electron chi connectivity index (χ2n) is 4.03. The SMILES string of the molecule is O=S(=O)(NCc1cccc(Cl)c1)c1ccc(Br)cc1Cl. The number of benzene rings is 2.